The number of ether oxygens (including phenoxy) is 1. The fourth-order valence-corrected chi connectivity index (χ4v) is 2.19. The van der Waals surface area contributed by atoms with Crippen LogP contribution in [-0.2, 0) is 4.79 Å². The molecule has 0 fully saturated rings. The lowest BCUT2D eigenvalue weighted by Crippen LogP contribution is -2.04. The minimum Gasteiger partial charge on any atom is -0.417 e. The first-order valence-corrected chi connectivity index (χ1v) is 6.32. The molecular formula is C15H9IO2. The van der Waals surface area contributed by atoms with Gasteiger partial charge in [-0.05, 0) is 51.9 Å². The topological polar surface area (TPSA) is 26.3 Å². The van der Waals surface area contributed by atoms with E-state index in [0.29, 0.717) is 5.75 Å². The van der Waals surface area contributed by atoms with Crippen molar-refractivity contribution in [3.8, 4) is 29.2 Å². The maximum atomic E-state index is 11.1. The summed E-state index contributed by atoms with van der Waals surface area (Å²) in [5, 5.41) is 0. The summed E-state index contributed by atoms with van der Waals surface area (Å²) in [6, 6.07) is 15.3. The van der Waals surface area contributed by atoms with Crippen LogP contribution < -0.4 is 4.74 Å². The Hall–Kier alpha value is -1.80. The minimum absolute atomic E-state index is 0.456. The molecule has 0 heterocycles. The van der Waals surface area contributed by atoms with Crippen molar-refractivity contribution in [1.29, 1.82) is 0 Å². The molecule has 0 aliphatic rings. The molecule has 0 saturated carbocycles. The highest BCUT2D eigenvalue weighted by Gasteiger charge is 2.06. The van der Waals surface area contributed by atoms with Crippen molar-refractivity contribution in [3.05, 3.63) is 52.1 Å². The Kier molecular flexibility index (Phi) is 4.00. The maximum absolute atomic E-state index is 11.1. The molecule has 0 bridgehead atoms. The summed E-state index contributed by atoms with van der Waals surface area (Å²) in [6.45, 7) is 0. The Morgan fingerprint density at radius 2 is 1.89 bits per heavy atom. The zero-order valence-electron chi connectivity index (χ0n) is 9.39. The van der Waals surface area contributed by atoms with Crippen LogP contribution in [0.5, 0.6) is 5.75 Å². The fourth-order valence-electron chi connectivity index (χ4n) is 1.54. The molecule has 0 saturated heterocycles. The first-order valence-electron chi connectivity index (χ1n) is 5.24. The molecule has 2 aromatic rings. The van der Waals surface area contributed by atoms with Crippen LogP contribution in [0.3, 0.4) is 0 Å². The van der Waals surface area contributed by atoms with Crippen LogP contribution in [0.25, 0.3) is 11.1 Å². The highest BCUT2D eigenvalue weighted by Crippen LogP contribution is 2.29. The van der Waals surface area contributed by atoms with Crippen LogP contribution in [0.1, 0.15) is 0 Å². The molecule has 0 atom stereocenters. The first kappa shape index (κ1) is 12.7. The Morgan fingerprint density at radius 1 is 1.17 bits per heavy atom. The largest absolute Gasteiger partial charge is 0.417 e. The highest BCUT2D eigenvalue weighted by molar-refractivity contribution is 14.1. The standard InChI is InChI=1S/C15H9IO2/c1-2-15(17)18-12-8-9-14(16)13(10-12)11-6-4-3-5-7-11/h1,3-10H. The van der Waals surface area contributed by atoms with Crippen LogP contribution in [0, 0.1) is 15.9 Å². The second-order valence-corrected chi connectivity index (χ2v) is 4.70. The SMILES string of the molecule is C#CC(=O)Oc1ccc(I)c(-c2ccccc2)c1. The predicted molar refractivity (Wildman–Crippen MR) is 79.1 cm³/mol. The Balaban J connectivity index is 2.40. The van der Waals surface area contributed by atoms with E-state index in [2.05, 4.69) is 22.6 Å². The summed E-state index contributed by atoms with van der Waals surface area (Å²) < 4.78 is 6.08. The summed E-state index contributed by atoms with van der Waals surface area (Å²) in [4.78, 5) is 11.1. The molecule has 0 amide bonds. The van der Waals surface area contributed by atoms with Gasteiger partial charge in [-0.25, -0.2) is 4.79 Å². The van der Waals surface area contributed by atoms with Crippen molar-refractivity contribution in [2.45, 2.75) is 0 Å². The minimum atomic E-state index is -0.685. The summed E-state index contributed by atoms with van der Waals surface area (Å²) in [7, 11) is 0. The van der Waals surface area contributed by atoms with Crippen LogP contribution in [-0.4, -0.2) is 5.97 Å². The predicted octanol–water partition coefficient (Wildman–Crippen LogP) is 3.50. The average Bonchev–Trinajstić information content (AvgIpc) is 2.42. The van der Waals surface area contributed by atoms with E-state index in [-0.39, 0.29) is 0 Å². The normalized spacial score (nSPS) is 9.56. The third-order valence-corrected chi connectivity index (χ3v) is 3.29. The average molecular weight is 348 g/mol. The second kappa shape index (κ2) is 5.69. The molecule has 0 N–H and O–H groups in total. The van der Waals surface area contributed by atoms with Gasteiger partial charge in [0.1, 0.15) is 5.75 Å². The number of benzene rings is 2. The number of carbonyl (C=O) groups is 1. The van der Waals surface area contributed by atoms with Crippen molar-refractivity contribution < 1.29 is 9.53 Å². The number of esters is 1. The van der Waals surface area contributed by atoms with Gasteiger partial charge in [-0.2, -0.15) is 0 Å². The summed E-state index contributed by atoms with van der Waals surface area (Å²) >= 11 is 2.24. The van der Waals surface area contributed by atoms with Crippen molar-refractivity contribution in [2.75, 3.05) is 0 Å². The number of halogens is 1. The lowest BCUT2D eigenvalue weighted by molar-refractivity contribution is -0.128. The number of carbonyl (C=O) groups excluding carboxylic acids is 1. The van der Waals surface area contributed by atoms with Crippen molar-refractivity contribution in [1.82, 2.24) is 0 Å². The quantitative estimate of drug-likeness (QED) is 0.273. The van der Waals surface area contributed by atoms with E-state index in [1.165, 1.54) is 0 Å². The molecule has 0 aromatic heterocycles. The number of hydrogen-bond donors (Lipinski definition) is 0. The van der Waals surface area contributed by atoms with Gasteiger partial charge >= 0.3 is 5.97 Å². The van der Waals surface area contributed by atoms with E-state index in [1.54, 1.807) is 6.07 Å². The van der Waals surface area contributed by atoms with E-state index in [0.717, 1.165) is 14.7 Å². The van der Waals surface area contributed by atoms with E-state index in [1.807, 2.05) is 48.4 Å². The molecule has 88 valence electrons. The van der Waals surface area contributed by atoms with Gasteiger partial charge in [0.15, 0.2) is 0 Å². The van der Waals surface area contributed by atoms with Crippen molar-refractivity contribution >= 4 is 28.6 Å². The monoisotopic (exact) mass is 348 g/mol. The zero-order chi connectivity index (χ0) is 13.0. The number of hydrogen-bond acceptors (Lipinski definition) is 2. The van der Waals surface area contributed by atoms with Gasteiger partial charge < -0.3 is 4.74 Å². The summed E-state index contributed by atoms with van der Waals surface area (Å²) in [6.07, 6.45) is 4.97. The molecule has 18 heavy (non-hydrogen) atoms. The van der Waals surface area contributed by atoms with Crippen molar-refractivity contribution in [2.24, 2.45) is 0 Å². The molecule has 0 spiro atoms. The van der Waals surface area contributed by atoms with E-state index >= 15 is 0 Å². The molecule has 2 nitrogen and oxygen atoms in total. The molecule has 2 aromatic carbocycles. The molecule has 0 aliphatic carbocycles. The lowest BCUT2D eigenvalue weighted by atomic mass is 10.1. The van der Waals surface area contributed by atoms with Crippen LogP contribution >= 0.6 is 22.6 Å². The fraction of sp³-hybridized carbons (Fsp3) is 0. The van der Waals surface area contributed by atoms with Gasteiger partial charge in [0, 0.05) is 9.49 Å². The van der Waals surface area contributed by atoms with E-state index < -0.39 is 5.97 Å². The summed E-state index contributed by atoms with van der Waals surface area (Å²) in [5.41, 5.74) is 2.08. The van der Waals surface area contributed by atoms with Crippen LogP contribution in [0.4, 0.5) is 0 Å². The van der Waals surface area contributed by atoms with Gasteiger partial charge in [0.2, 0.25) is 0 Å². The maximum Gasteiger partial charge on any atom is 0.389 e. The van der Waals surface area contributed by atoms with Crippen molar-refractivity contribution in [3.63, 3.8) is 0 Å². The Morgan fingerprint density at radius 3 is 2.56 bits per heavy atom. The molecule has 2 rings (SSSR count). The number of terminal acetylenes is 1. The van der Waals surface area contributed by atoms with Crippen LogP contribution in [0.15, 0.2) is 48.5 Å². The Bertz CT molecular complexity index is 612. The van der Waals surface area contributed by atoms with E-state index in [4.69, 9.17) is 11.2 Å². The van der Waals surface area contributed by atoms with Gasteiger partial charge in [-0.15, -0.1) is 6.42 Å². The molecule has 3 heteroatoms. The molecule has 0 radical (unpaired) electrons. The van der Waals surface area contributed by atoms with Crippen LogP contribution in [0.2, 0.25) is 0 Å². The smallest absolute Gasteiger partial charge is 0.389 e. The second-order valence-electron chi connectivity index (χ2n) is 3.54. The molecular weight excluding hydrogens is 339 g/mol. The van der Waals surface area contributed by atoms with Gasteiger partial charge in [0.05, 0.1) is 0 Å². The van der Waals surface area contributed by atoms with Gasteiger partial charge in [0.25, 0.3) is 0 Å². The zero-order valence-corrected chi connectivity index (χ0v) is 11.5. The van der Waals surface area contributed by atoms with Gasteiger partial charge in [-0.1, -0.05) is 30.3 Å². The molecule has 0 aliphatic heterocycles. The third kappa shape index (κ3) is 2.90. The van der Waals surface area contributed by atoms with E-state index in [9.17, 15) is 4.79 Å². The Labute approximate surface area is 119 Å². The first-order chi connectivity index (χ1) is 8.70. The third-order valence-electron chi connectivity index (χ3n) is 2.35. The lowest BCUT2D eigenvalue weighted by Gasteiger charge is -2.07. The highest BCUT2D eigenvalue weighted by atomic mass is 127. The molecule has 0 unspecified atom stereocenters. The van der Waals surface area contributed by atoms with Gasteiger partial charge in [-0.3, -0.25) is 0 Å². The number of rotatable bonds is 2. The summed E-state index contributed by atoms with van der Waals surface area (Å²) in [5.74, 6) is 1.70.